The van der Waals surface area contributed by atoms with E-state index in [0.717, 1.165) is 5.56 Å². The van der Waals surface area contributed by atoms with Crippen molar-refractivity contribution in [3.05, 3.63) is 80.6 Å². The largest absolute Gasteiger partial charge is 0.378 e. The number of nitrogens with zero attached hydrogens (tertiary/aromatic N) is 2. The molecule has 3 rings (SSSR count). The maximum absolute atomic E-state index is 11.9. The topological polar surface area (TPSA) is 113 Å². The van der Waals surface area contributed by atoms with E-state index in [2.05, 4.69) is 25.9 Å². The van der Waals surface area contributed by atoms with E-state index in [1.165, 1.54) is 12.4 Å². The second-order valence-corrected chi connectivity index (χ2v) is 5.54. The molecule has 0 saturated carbocycles. The first-order valence-electron chi connectivity index (χ1n) is 8.05. The van der Waals surface area contributed by atoms with Gasteiger partial charge in [-0.25, -0.2) is 0 Å². The molecule has 1 aromatic carbocycles. The Balaban J connectivity index is 1.49. The van der Waals surface area contributed by atoms with Crippen LogP contribution in [0.25, 0.3) is 0 Å². The third-order valence-electron chi connectivity index (χ3n) is 3.78. The lowest BCUT2D eigenvalue weighted by Crippen LogP contribution is -2.39. The first kappa shape index (κ1) is 17.3. The average Bonchev–Trinajstić information content (AvgIpc) is 2.70. The minimum Gasteiger partial charge on any atom is -0.378 e. The molecule has 26 heavy (non-hydrogen) atoms. The average molecular weight is 351 g/mol. The van der Waals surface area contributed by atoms with Gasteiger partial charge in [0.05, 0.1) is 0 Å². The summed E-state index contributed by atoms with van der Waals surface area (Å²) in [6, 6.07) is 6.86. The second-order valence-electron chi connectivity index (χ2n) is 5.54. The van der Waals surface area contributed by atoms with E-state index in [0.29, 0.717) is 25.2 Å². The Hall–Kier alpha value is -3.55. The Morgan fingerprint density at radius 2 is 1.38 bits per heavy atom. The van der Waals surface area contributed by atoms with Gasteiger partial charge in [0.2, 0.25) is 0 Å². The summed E-state index contributed by atoms with van der Waals surface area (Å²) >= 11 is 0. The molecule has 0 atom stereocenters. The van der Waals surface area contributed by atoms with Crippen molar-refractivity contribution in [1.29, 1.82) is 0 Å². The zero-order valence-electron chi connectivity index (χ0n) is 13.9. The van der Waals surface area contributed by atoms with E-state index in [4.69, 9.17) is 0 Å². The fraction of sp³-hybridized carbons (Fsp3) is 0.167. The third-order valence-corrected chi connectivity index (χ3v) is 3.78. The van der Waals surface area contributed by atoms with Crippen LogP contribution in [-0.4, -0.2) is 29.0 Å². The van der Waals surface area contributed by atoms with Crippen LogP contribution in [0.2, 0.25) is 0 Å². The van der Waals surface area contributed by atoms with Crippen LogP contribution in [0.4, 0.5) is 11.4 Å². The van der Waals surface area contributed by atoms with Gasteiger partial charge < -0.3 is 16.0 Å². The summed E-state index contributed by atoms with van der Waals surface area (Å²) in [5.41, 5.74) is 0.886. The molecule has 8 nitrogen and oxygen atoms in total. The predicted molar refractivity (Wildman–Crippen MR) is 98.0 cm³/mol. The molecule has 0 aliphatic carbocycles. The fourth-order valence-electron chi connectivity index (χ4n) is 2.39. The number of carbonyl (C=O) groups is 1. The molecule has 0 fully saturated rings. The number of hydrogen-bond donors (Lipinski definition) is 3. The van der Waals surface area contributed by atoms with Gasteiger partial charge in [0.25, 0.3) is 16.8 Å². The molecule has 132 valence electrons. The molecule has 3 aromatic rings. The SMILES string of the molecule is O=C(NCCNc1c(NCc2ccncc2)c(=O)c1=O)c1ccncc1. The van der Waals surface area contributed by atoms with Crippen molar-refractivity contribution in [3.63, 3.8) is 0 Å². The van der Waals surface area contributed by atoms with Crippen molar-refractivity contribution in [2.24, 2.45) is 0 Å². The molecule has 0 saturated heterocycles. The molecular weight excluding hydrogens is 334 g/mol. The number of rotatable bonds is 8. The van der Waals surface area contributed by atoms with Crippen molar-refractivity contribution in [2.45, 2.75) is 6.54 Å². The second kappa shape index (κ2) is 8.02. The number of hydrogen-bond acceptors (Lipinski definition) is 7. The first-order chi connectivity index (χ1) is 12.7. The fourth-order valence-corrected chi connectivity index (χ4v) is 2.39. The quantitative estimate of drug-likeness (QED) is 0.401. The molecular formula is C18H17N5O3. The van der Waals surface area contributed by atoms with Gasteiger partial charge in [-0.2, -0.15) is 0 Å². The van der Waals surface area contributed by atoms with Crippen LogP contribution in [-0.2, 0) is 6.54 Å². The lowest BCUT2D eigenvalue weighted by Gasteiger charge is -2.15. The molecule has 2 heterocycles. The molecule has 1 amide bonds. The summed E-state index contributed by atoms with van der Waals surface area (Å²) in [7, 11) is 0. The van der Waals surface area contributed by atoms with Gasteiger partial charge in [-0.1, -0.05) is 0 Å². The van der Waals surface area contributed by atoms with Gasteiger partial charge in [-0.15, -0.1) is 0 Å². The smallest absolute Gasteiger partial charge is 0.253 e. The standard InChI is InChI=1S/C18H17N5O3/c24-16-14(15(17(16)25)23-11-12-1-5-19-6-2-12)21-9-10-22-18(26)13-3-7-20-8-4-13/h1-8,21,23H,9-11H2,(H,22,26). The monoisotopic (exact) mass is 351 g/mol. The highest BCUT2D eigenvalue weighted by molar-refractivity contribution is 5.93. The number of aromatic nitrogens is 2. The van der Waals surface area contributed by atoms with Crippen molar-refractivity contribution >= 4 is 17.3 Å². The Bertz CT molecular complexity index is 950. The zero-order chi connectivity index (χ0) is 18.4. The molecule has 2 aromatic heterocycles. The summed E-state index contributed by atoms with van der Waals surface area (Å²) in [6.07, 6.45) is 6.39. The van der Waals surface area contributed by atoms with E-state index < -0.39 is 10.9 Å². The number of nitrogens with one attached hydrogen (secondary N) is 3. The molecule has 0 radical (unpaired) electrons. The highest BCUT2D eigenvalue weighted by Crippen LogP contribution is 2.15. The normalized spacial score (nSPS) is 10.5. The van der Waals surface area contributed by atoms with Crippen LogP contribution in [0.3, 0.4) is 0 Å². The summed E-state index contributed by atoms with van der Waals surface area (Å²) in [5.74, 6) is -0.227. The zero-order valence-corrected chi connectivity index (χ0v) is 13.9. The van der Waals surface area contributed by atoms with Crippen LogP contribution in [0.15, 0.2) is 58.6 Å². The van der Waals surface area contributed by atoms with E-state index in [1.807, 2.05) is 12.1 Å². The Labute approximate surface area is 149 Å². The Morgan fingerprint density at radius 1 is 0.808 bits per heavy atom. The molecule has 0 unspecified atom stereocenters. The van der Waals surface area contributed by atoms with Gasteiger partial charge in [0.1, 0.15) is 11.4 Å². The highest BCUT2D eigenvalue weighted by atomic mass is 16.2. The van der Waals surface area contributed by atoms with Crippen LogP contribution < -0.4 is 26.8 Å². The van der Waals surface area contributed by atoms with Crippen LogP contribution in [0, 0.1) is 0 Å². The van der Waals surface area contributed by atoms with Crippen molar-refractivity contribution < 1.29 is 4.79 Å². The van der Waals surface area contributed by atoms with Gasteiger partial charge in [0, 0.05) is 50.0 Å². The predicted octanol–water partition coefficient (Wildman–Crippen LogP) is 0.527. The summed E-state index contributed by atoms with van der Waals surface area (Å²) in [6.45, 7) is 1.05. The van der Waals surface area contributed by atoms with E-state index >= 15 is 0 Å². The van der Waals surface area contributed by atoms with Gasteiger partial charge in [-0.05, 0) is 29.8 Å². The molecule has 8 heteroatoms. The maximum atomic E-state index is 11.9. The van der Waals surface area contributed by atoms with Crippen molar-refractivity contribution in [1.82, 2.24) is 15.3 Å². The minimum atomic E-state index is -0.553. The van der Waals surface area contributed by atoms with Crippen LogP contribution >= 0.6 is 0 Å². The summed E-state index contributed by atoms with van der Waals surface area (Å²) in [4.78, 5) is 43.1. The molecule has 0 bridgehead atoms. The Kier molecular flexibility index (Phi) is 5.33. The van der Waals surface area contributed by atoms with Crippen molar-refractivity contribution in [3.8, 4) is 0 Å². The van der Waals surface area contributed by atoms with Gasteiger partial charge >= 0.3 is 0 Å². The van der Waals surface area contributed by atoms with E-state index in [9.17, 15) is 14.4 Å². The lowest BCUT2D eigenvalue weighted by molar-refractivity contribution is 0.0955. The van der Waals surface area contributed by atoms with Gasteiger partial charge in [-0.3, -0.25) is 24.4 Å². The highest BCUT2D eigenvalue weighted by Gasteiger charge is 2.20. The van der Waals surface area contributed by atoms with E-state index in [1.54, 1.807) is 24.5 Å². The lowest BCUT2D eigenvalue weighted by atomic mass is 10.1. The third kappa shape index (κ3) is 3.92. The number of anilines is 2. The molecule has 3 N–H and O–H groups in total. The number of amides is 1. The molecule has 0 spiro atoms. The number of carbonyl (C=O) groups excluding carboxylic acids is 1. The minimum absolute atomic E-state index is 0.227. The number of pyridine rings is 2. The maximum Gasteiger partial charge on any atom is 0.253 e. The molecule has 0 aliphatic rings. The summed E-state index contributed by atoms with van der Waals surface area (Å²) < 4.78 is 0. The van der Waals surface area contributed by atoms with Crippen LogP contribution in [0.1, 0.15) is 15.9 Å². The summed E-state index contributed by atoms with van der Waals surface area (Å²) in [5, 5.41) is 8.59. The Morgan fingerprint density at radius 3 is 2.04 bits per heavy atom. The van der Waals surface area contributed by atoms with Crippen LogP contribution in [0.5, 0.6) is 0 Å². The van der Waals surface area contributed by atoms with Gasteiger partial charge in [0.15, 0.2) is 0 Å². The van der Waals surface area contributed by atoms with E-state index in [-0.39, 0.29) is 17.3 Å². The van der Waals surface area contributed by atoms with Crippen molar-refractivity contribution in [2.75, 3.05) is 23.7 Å². The first-order valence-corrected chi connectivity index (χ1v) is 8.05. The molecule has 0 aliphatic heterocycles.